The molecule has 0 saturated heterocycles. The van der Waals surface area contributed by atoms with Crippen LogP contribution in [0.25, 0.3) is 0 Å². The zero-order chi connectivity index (χ0) is 17.4. The van der Waals surface area contributed by atoms with Gasteiger partial charge in [0.15, 0.2) is 0 Å². The van der Waals surface area contributed by atoms with Crippen molar-refractivity contribution >= 4 is 5.97 Å². The van der Waals surface area contributed by atoms with Crippen LogP contribution in [0.15, 0.2) is 18.2 Å². The first-order chi connectivity index (χ1) is 10.9. The van der Waals surface area contributed by atoms with Gasteiger partial charge in [-0.1, -0.05) is 19.9 Å². The van der Waals surface area contributed by atoms with E-state index in [-0.39, 0.29) is 18.4 Å². The van der Waals surface area contributed by atoms with Crippen molar-refractivity contribution in [3.8, 4) is 11.5 Å². The molecule has 1 aromatic carbocycles. The van der Waals surface area contributed by atoms with Gasteiger partial charge in [0.2, 0.25) is 0 Å². The average Bonchev–Trinajstić information content (AvgIpc) is 2.52. The molecule has 0 heterocycles. The van der Waals surface area contributed by atoms with E-state index in [4.69, 9.17) is 15.2 Å². The van der Waals surface area contributed by atoms with E-state index >= 15 is 0 Å². The Morgan fingerprint density at radius 1 is 1.22 bits per heavy atom. The van der Waals surface area contributed by atoms with Crippen LogP contribution in [0.1, 0.15) is 45.6 Å². The van der Waals surface area contributed by atoms with Crippen LogP contribution in [0.4, 0.5) is 0 Å². The van der Waals surface area contributed by atoms with Crippen LogP contribution >= 0.6 is 0 Å². The van der Waals surface area contributed by atoms with Gasteiger partial charge < -0.3 is 20.3 Å². The van der Waals surface area contributed by atoms with Gasteiger partial charge in [-0.05, 0) is 43.7 Å². The highest BCUT2D eigenvalue weighted by Crippen LogP contribution is 2.36. The number of carboxylic acids is 1. The third-order valence-corrected chi connectivity index (χ3v) is 4.23. The summed E-state index contributed by atoms with van der Waals surface area (Å²) in [6.07, 6.45) is 0.547. The standard InChI is InChI=1S/C18H29NO4/c1-5-22-15-7-8-16(17(10-15)23-6-2)13(4)12(3)9-14(11-19)18(20)21/h7-8,10,12-14H,5-6,9,11,19H2,1-4H3,(H,20,21). The fourth-order valence-electron chi connectivity index (χ4n) is 2.69. The van der Waals surface area contributed by atoms with Gasteiger partial charge in [0.25, 0.3) is 0 Å². The van der Waals surface area contributed by atoms with E-state index in [1.54, 1.807) is 0 Å². The Kier molecular flexibility index (Phi) is 7.89. The van der Waals surface area contributed by atoms with E-state index in [1.165, 1.54) is 0 Å². The van der Waals surface area contributed by atoms with E-state index in [2.05, 4.69) is 13.8 Å². The van der Waals surface area contributed by atoms with Crippen LogP contribution in [0.2, 0.25) is 0 Å². The second-order valence-electron chi connectivity index (χ2n) is 5.84. The van der Waals surface area contributed by atoms with Crippen LogP contribution in [-0.2, 0) is 4.79 Å². The highest BCUT2D eigenvalue weighted by molar-refractivity contribution is 5.70. The Morgan fingerprint density at radius 3 is 2.39 bits per heavy atom. The van der Waals surface area contributed by atoms with Crippen molar-refractivity contribution in [2.75, 3.05) is 19.8 Å². The maximum Gasteiger partial charge on any atom is 0.307 e. The number of rotatable bonds is 10. The Balaban J connectivity index is 2.96. The highest BCUT2D eigenvalue weighted by Gasteiger charge is 2.25. The van der Waals surface area contributed by atoms with Crippen LogP contribution in [-0.4, -0.2) is 30.8 Å². The maximum absolute atomic E-state index is 11.2. The van der Waals surface area contributed by atoms with E-state index in [0.717, 1.165) is 17.1 Å². The third-order valence-electron chi connectivity index (χ3n) is 4.23. The first kappa shape index (κ1) is 19.3. The van der Waals surface area contributed by atoms with E-state index in [0.29, 0.717) is 19.6 Å². The lowest BCUT2D eigenvalue weighted by Crippen LogP contribution is -2.26. The molecule has 0 bridgehead atoms. The molecule has 3 N–H and O–H groups in total. The molecule has 3 atom stereocenters. The Bertz CT molecular complexity index is 504. The van der Waals surface area contributed by atoms with Gasteiger partial charge >= 0.3 is 5.97 Å². The number of benzene rings is 1. The van der Waals surface area contributed by atoms with Crippen molar-refractivity contribution < 1.29 is 19.4 Å². The molecule has 0 aliphatic heterocycles. The molecule has 0 aliphatic rings. The second kappa shape index (κ2) is 9.40. The Morgan fingerprint density at radius 2 is 1.87 bits per heavy atom. The molecule has 0 fully saturated rings. The number of aliphatic carboxylic acids is 1. The highest BCUT2D eigenvalue weighted by atomic mass is 16.5. The molecule has 0 spiro atoms. The summed E-state index contributed by atoms with van der Waals surface area (Å²) in [4.78, 5) is 11.2. The molecule has 0 radical (unpaired) electrons. The minimum atomic E-state index is -0.830. The summed E-state index contributed by atoms with van der Waals surface area (Å²) in [7, 11) is 0. The van der Waals surface area contributed by atoms with Crippen molar-refractivity contribution in [2.24, 2.45) is 17.6 Å². The van der Waals surface area contributed by atoms with Gasteiger partial charge in [-0.15, -0.1) is 0 Å². The Hall–Kier alpha value is -1.75. The third kappa shape index (κ3) is 5.43. The smallest absolute Gasteiger partial charge is 0.307 e. The summed E-state index contributed by atoms with van der Waals surface area (Å²) < 4.78 is 11.3. The summed E-state index contributed by atoms with van der Waals surface area (Å²) in [6.45, 7) is 9.38. The fraction of sp³-hybridized carbons (Fsp3) is 0.611. The number of carboxylic acid groups (broad SMARTS) is 1. The van der Waals surface area contributed by atoms with Gasteiger partial charge in [-0.3, -0.25) is 4.79 Å². The van der Waals surface area contributed by atoms with Crippen molar-refractivity contribution in [1.29, 1.82) is 0 Å². The van der Waals surface area contributed by atoms with Gasteiger partial charge in [-0.2, -0.15) is 0 Å². The Labute approximate surface area is 138 Å². The first-order valence-electron chi connectivity index (χ1n) is 8.26. The SMILES string of the molecule is CCOc1ccc(C(C)C(C)CC(CN)C(=O)O)c(OCC)c1. The lowest BCUT2D eigenvalue weighted by molar-refractivity contribution is -0.142. The molecule has 1 aromatic rings. The molecule has 5 nitrogen and oxygen atoms in total. The minimum absolute atomic E-state index is 0.161. The predicted octanol–water partition coefficient (Wildman–Crippen LogP) is 3.27. The molecule has 130 valence electrons. The van der Waals surface area contributed by atoms with Gasteiger partial charge in [-0.25, -0.2) is 0 Å². The molecule has 5 heteroatoms. The lowest BCUT2D eigenvalue weighted by Gasteiger charge is -2.25. The number of carbonyl (C=O) groups is 1. The molecule has 0 aromatic heterocycles. The summed E-state index contributed by atoms with van der Waals surface area (Å²) >= 11 is 0. The molecule has 0 saturated carbocycles. The largest absolute Gasteiger partial charge is 0.494 e. The van der Waals surface area contributed by atoms with Crippen LogP contribution in [0, 0.1) is 11.8 Å². The van der Waals surface area contributed by atoms with E-state index < -0.39 is 11.9 Å². The maximum atomic E-state index is 11.2. The number of ether oxygens (including phenoxy) is 2. The second-order valence-corrected chi connectivity index (χ2v) is 5.84. The van der Waals surface area contributed by atoms with Gasteiger partial charge in [0, 0.05) is 12.6 Å². The zero-order valence-corrected chi connectivity index (χ0v) is 14.5. The topological polar surface area (TPSA) is 81.8 Å². The monoisotopic (exact) mass is 323 g/mol. The summed E-state index contributed by atoms with van der Waals surface area (Å²) in [5.74, 6) is 0.591. The molecule has 0 amide bonds. The number of hydrogen-bond donors (Lipinski definition) is 2. The van der Waals surface area contributed by atoms with Crippen LogP contribution in [0.3, 0.4) is 0 Å². The minimum Gasteiger partial charge on any atom is -0.494 e. The van der Waals surface area contributed by atoms with Crippen LogP contribution in [0.5, 0.6) is 11.5 Å². The van der Waals surface area contributed by atoms with Gasteiger partial charge in [0.1, 0.15) is 11.5 Å². The number of nitrogens with two attached hydrogens (primary N) is 1. The average molecular weight is 323 g/mol. The molecule has 3 unspecified atom stereocenters. The molecule has 0 aliphatic carbocycles. The lowest BCUT2D eigenvalue weighted by atomic mass is 9.82. The van der Waals surface area contributed by atoms with Crippen molar-refractivity contribution in [1.82, 2.24) is 0 Å². The van der Waals surface area contributed by atoms with Crippen molar-refractivity contribution in [2.45, 2.75) is 40.0 Å². The molecule has 1 rings (SSSR count). The predicted molar refractivity (Wildman–Crippen MR) is 91.2 cm³/mol. The van der Waals surface area contributed by atoms with Crippen molar-refractivity contribution in [3.63, 3.8) is 0 Å². The molecular weight excluding hydrogens is 294 g/mol. The first-order valence-corrected chi connectivity index (χ1v) is 8.26. The summed E-state index contributed by atoms with van der Waals surface area (Å²) in [5, 5.41) is 9.19. The normalized spacial score (nSPS) is 14.8. The number of hydrogen-bond acceptors (Lipinski definition) is 4. The molecular formula is C18H29NO4. The van der Waals surface area contributed by atoms with E-state index in [9.17, 15) is 9.90 Å². The van der Waals surface area contributed by atoms with Crippen molar-refractivity contribution in [3.05, 3.63) is 23.8 Å². The van der Waals surface area contributed by atoms with E-state index in [1.807, 2.05) is 32.0 Å². The zero-order valence-electron chi connectivity index (χ0n) is 14.5. The van der Waals surface area contributed by atoms with Gasteiger partial charge in [0.05, 0.1) is 19.1 Å². The summed E-state index contributed by atoms with van der Waals surface area (Å²) in [6, 6.07) is 5.85. The molecule has 23 heavy (non-hydrogen) atoms. The van der Waals surface area contributed by atoms with Crippen LogP contribution < -0.4 is 15.2 Å². The quantitative estimate of drug-likeness (QED) is 0.690. The fourth-order valence-corrected chi connectivity index (χ4v) is 2.69. The summed E-state index contributed by atoms with van der Waals surface area (Å²) in [5.41, 5.74) is 6.64.